The summed E-state index contributed by atoms with van der Waals surface area (Å²) in [5.74, 6) is 0.756. The van der Waals surface area contributed by atoms with Crippen LogP contribution >= 0.6 is 11.6 Å². The summed E-state index contributed by atoms with van der Waals surface area (Å²) in [5, 5.41) is 0.664. The number of ether oxygens (including phenoxy) is 1. The molecule has 0 bridgehead atoms. The monoisotopic (exact) mass is 225 g/mol. The lowest BCUT2D eigenvalue weighted by molar-refractivity contribution is 0.0854. The Kier molecular flexibility index (Phi) is 3.17. The van der Waals surface area contributed by atoms with E-state index in [0.717, 1.165) is 18.6 Å². The first-order chi connectivity index (χ1) is 7.26. The maximum Gasteiger partial charge on any atom is 0.138 e. The van der Waals surface area contributed by atoms with Gasteiger partial charge in [-0.3, -0.25) is 0 Å². The van der Waals surface area contributed by atoms with Crippen molar-refractivity contribution in [1.29, 1.82) is 0 Å². The first-order valence-corrected chi connectivity index (χ1v) is 5.77. The van der Waals surface area contributed by atoms with Gasteiger partial charge in [-0.05, 0) is 37.8 Å². The third kappa shape index (κ3) is 2.27. The van der Waals surface area contributed by atoms with E-state index in [4.69, 9.17) is 22.1 Å². The van der Waals surface area contributed by atoms with Crippen LogP contribution in [-0.2, 0) is 0 Å². The Morgan fingerprint density at radius 3 is 2.53 bits per heavy atom. The standard InChI is InChI=1S/C12H16ClNO/c13-10-5-1-2-6-11(10)15-12(9-14)7-3-4-8-12/h1-2,5-6H,3-4,7-9,14H2. The fourth-order valence-electron chi connectivity index (χ4n) is 2.13. The number of nitrogens with two attached hydrogens (primary N) is 1. The van der Waals surface area contributed by atoms with Crippen LogP contribution in [0.5, 0.6) is 5.75 Å². The largest absolute Gasteiger partial charge is 0.484 e. The molecule has 3 heteroatoms. The van der Waals surface area contributed by atoms with E-state index in [0.29, 0.717) is 11.6 Å². The molecule has 0 saturated heterocycles. The molecule has 0 amide bonds. The molecule has 1 saturated carbocycles. The minimum atomic E-state index is -0.176. The molecule has 1 fully saturated rings. The summed E-state index contributed by atoms with van der Waals surface area (Å²) >= 11 is 6.06. The highest BCUT2D eigenvalue weighted by Gasteiger charge is 2.34. The zero-order valence-electron chi connectivity index (χ0n) is 8.71. The molecule has 0 spiro atoms. The summed E-state index contributed by atoms with van der Waals surface area (Å²) in [6.07, 6.45) is 4.47. The van der Waals surface area contributed by atoms with E-state index in [1.807, 2.05) is 24.3 Å². The first kappa shape index (κ1) is 10.8. The highest BCUT2D eigenvalue weighted by Crippen LogP contribution is 2.36. The van der Waals surface area contributed by atoms with Gasteiger partial charge in [0, 0.05) is 6.54 Å². The Hall–Kier alpha value is -0.730. The van der Waals surface area contributed by atoms with Gasteiger partial charge >= 0.3 is 0 Å². The average Bonchev–Trinajstić information content (AvgIpc) is 2.71. The topological polar surface area (TPSA) is 35.2 Å². The van der Waals surface area contributed by atoms with Gasteiger partial charge < -0.3 is 10.5 Å². The number of benzene rings is 1. The molecule has 1 aromatic carbocycles. The normalized spacial score (nSPS) is 19.1. The maximum absolute atomic E-state index is 6.06. The predicted octanol–water partition coefficient (Wildman–Crippen LogP) is 2.99. The minimum absolute atomic E-state index is 0.176. The van der Waals surface area contributed by atoms with Crippen molar-refractivity contribution in [2.24, 2.45) is 5.73 Å². The zero-order valence-corrected chi connectivity index (χ0v) is 9.46. The average molecular weight is 226 g/mol. The molecule has 1 aromatic rings. The molecule has 82 valence electrons. The van der Waals surface area contributed by atoms with Crippen LogP contribution in [0.1, 0.15) is 25.7 Å². The summed E-state index contributed by atoms with van der Waals surface area (Å²) in [4.78, 5) is 0. The van der Waals surface area contributed by atoms with Crippen LogP contribution in [0.3, 0.4) is 0 Å². The lowest BCUT2D eigenvalue weighted by Crippen LogP contribution is -2.40. The number of para-hydroxylation sites is 1. The number of hydrogen-bond acceptors (Lipinski definition) is 2. The van der Waals surface area contributed by atoms with Crippen molar-refractivity contribution in [2.75, 3.05) is 6.54 Å². The van der Waals surface area contributed by atoms with E-state index in [1.54, 1.807) is 0 Å². The quantitative estimate of drug-likeness (QED) is 0.859. The van der Waals surface area contributed by atoms with E-state index in [-0.39, 0.29) is 5.60 Å². The van der Waals surface area contributed by atoms with Crippen molar-refractivity contribution in [3.8, 4) is 5.75 Å². The molecule has 0 heterocycles. The summed E-state index contributed by atoms with van der Waals surface area (Å²) in [6, 6.07) is 7.58. The van der Waals surface area contributed by atoms with Gasteiger partial charge in [0.25, 0.3) is 0 Å². The van der Waals surface area contributed by atoms with Gasteiger partial charge in [-0.25, -0.2) is 0 Å². The second-order valence-electron chi connectivity index (χ2n) is 4.13. The third-order valence-corrected chi connectivity index (χ3v) is 3.36. The van der Waals surface area contributed by atoms with Crippen LogP contribution in [0, 0.1) is 0 Å². The van der Waals surface area contributed by atoms with Gasteiger partial charge in [-0.2, -0.15) is 0 Å². The van der Waals surface area contributed by atoms with Gasteiger partial charge in [0.15, 0.2) is 0 Å². The van der Waals surface area contributed by atoms with Crippen molar-refractivity contribution in [3.63, 3.8) is 0 Å². The molecule has 2 N–H and O–H groups in total. The second-order valence-corrected chi connectivity index (χ2v) is 4.53. The smallest absolute Gasteiger partial charge is 0.138 e. The Bertz CT molecular complexity index is 334. The molecular weight excluding hydrogens is 210 g/mol. The molecule has 0 unspecified atom stereocenters. The molecule has 0 radical (unpaired) electrons. The number of hydrogen-bond donors (Lipinski definition) is 1. The molecule has 15 heavy (non-hydrogen) atoms. The summed E-state index contributed by atoms with van der Waals surface area (Å²) in [7, 11) is 0. The highest BCUT2D eigenvalue weighted by molar-refractivity contribution is 6.32. The fraction of sp³-hybridized carbons (Fsp3) is 0.500. The van der Waals surface area contributed by atoms with Gasteiger partial charge in [-0.15, -0.1) is 0 Å². The van der Waals surface area contributed by atoms with Crippen LogP contribution in [-0.4, -0.2) is 12.1 Å². The Balaban J connectivity index is 2.16. The predicted molar refractivity (Wildman–Crippen MR) is 62.3 cm³/mol. The van der Waals surface area contributed by atoms with E-state index in [1.165, 1.54) is 12.8 Å². The SMILES string of the molecule is NCC1(Oc2ccccc2Cl)CCCC1. The molecule has 0 atom stereocenters. The third-order valence-electron chi connectivity index (χ3n) is 3.05. The Morgan fingerprint density at radius 2 is 1.93 bits per heavy atom. The lowest BCUT2D eigenvalue weighted by Gasteiger charge is -2.29. The van der Waals surface area contributed by atoms with Gasteiger partial charge in [0.05, 0.1) is 5.02 Å². The van der Waals surface area contributed by atoms with Crippen molar-refractivity contribution >= 4 is 11.6 Å². The first-order valence-electron chi connectivity index (χ1n) is 5.39. The highest BCUT2D eigenvalue weighted by atomic mass is 35.5. The van der Waals surface area contributed by atoms with Crippen molar-refractivity contribution in [3.05, 3.63) is 29.3 Å². The zero-order chi connectivity index (χ0) is 10.7. The molecule has 2 rings (SSSR count). The molecular formula is C12H16ClNO. The molecule has 2 nitrogen and oxygen atoms in total. The van der Waals surface area contributed by atoms with Crippen LogP contribution < -0.4 is 10.5 Å². The van der Waals surface area contributed by atoms with Crippen molar-refractivity contribution < 1.29 is 4.74 Å². The molecule has 1 aliphatic rings. The second kappa shape index (κ2) is 4.42. The Morgan fingerprint density at radius 1 is 1.27 bits per heavy atom. The molecule has 0 aliphatic heterocycles. The van der Waals surface area contributed by atoms with E-state index in [2.05, 4.69) is 0 Å². The summed E-state index contributed by atoms with van der Waals surface area (Å²) < 4.78 is 5.99. The van der Waals surface area contributed by atoms with Crippen LogP contribution in [0.2, 0.25) is 5.02 Å². The van der Waals surface area contributed by atoms with E-state index >= 15 is 0 Å². The number of halogens is 1. The van der Waals surface area contributed by atoms with Gasteiger partial charge in [-0.1, -0.05) is 23.7 Å². The van der Waals surface area contributed by atoms with Gasteiger partial charge in [0.1, 0.15) is 11.4 Å². The maximum atomic E-state index is 6.06. The van der Waals surface area contributed by atoms with Crippen molar-refractivity contribution in [2.45, 2.75) is 31.3 Å². The van der Waals surface area contributed by atoms with Gasteiger partial charge in [0.2, 0.25) is 0 Å². The number of rotatable bonds is 3. The minimum Gasteiger partial charge on any atom is -0.484 e. The van der Waals surface area contributed by atoms with Crippen LogP contribution in [0.4, 0.5) is 0 Å². The molecule has 1 aliphatic carbocycles. The lowest BCUT2D eigenvalue weighted by atomic mass is 10.0. The fourth-order valence-corrected chi connectivity index (χ4v) is 2.30. The van der Waals surface area contributed by atoms with Crippen LogP contribution in [0.15, 0.2) is 24.3 Å². The Labute approximate surface area is 95.4 Å². The summed E-state index contributed by atoms with van der Waals surface area (Å²) in [5.41, 5.74) is 5.62. The van der Waals surface area contributed by atoms with Crippen LogP contribution in [0.25, 0.3) is 0 Å². The summed E-state index contributed by atoms with van der Waals surface area (Å²) in [6.45, 7) is 0.568. The van der Waals surface area contributed by atoms with E-state index < -0.39 is 0 Å². The molecule has 0 aromatic heterocycles. The van der Waals surface area contributed by atoms with Crippen molar-refractivity contribution in [1.82, 2.24) is 0 Å². The van der Waals surface area contributed by atoms with E-state index in [9.17, 15) is 0 Å².